The summed E-state index contributed by atoms with van der Waals surface area (Å²) < 4.78 is 23.3. The van der Waals surface area contributed by atoms with E-state index >= 15 is 0 Å². The van der Waals surface area contributed by atoms with E-state index in [4.69, 9.17) is 18.6 Å². The van der Waals surface area contributed by atoms with Crippen molar-refractivity contribution in [2.45, 2.75) is 12.5 Å². The minimum absolute atomic E-state index is 0.195. The SMILES string of the molecule is CNCC[C@H](Oc1cccc2c1OCO2)c1ccc(Br)o1. The number of hydrogen-bond acceptors (Lipinski definition) is 5. The van der Waals surface area contributed by atoms with Crippen LogP contribution in [-0.4, -0.2) is 20.4 Å². The quantitative estimate of drug-likeness (QED) is 0.861. The summed E-state index contributed by atoms with van der Waals surface area (Å²) in [5.74, 6) is 2.80. The number of para-hydroxylation sites is 1. The van der Waals surface area contributed by atoms with Crippen LogP contribution in [0.3, 0.4) is 0 Å². The van der Waals surface area contributed by atoms with Crippen molar-refractivity contribution in [1.82, 2.24) is 5.32 Å². The van der Waals surface area contributed by atoms with E-state index in [1.54, 1.807) is 0 Å². The minimum atomic E-state index is -0.195. The lowest BCUT2D eigenvalue weighted by Gasteiger charge is -2.18. The molecule has 3 rings (SSSR count). The molecule has 0 radical (unpaired) electrons. The van der Waals surface area contributed by atoms with Gasteiger partial charge < -0.3 is 23.9 Å². The number of hydrogen-bond donors (Lipinski definition) is 1. The monoisotopic (exact) mass is 353 g/mol. The Balaban J connectivity index is 1.83. The average Bonchev–Trinajstić information content (AvgIpc) is 3.12. The fraction of sp³-hybridized carbons (Fsp3) is 0.333. The van der Waals surface area contributed by atoms with Crippen molar-refractivity contribution in [2.75, 3.05) is 20.4 Å². The van der Waals surface area contributed by atoms with E-state index in [-0.39, 0.29) is 12.9 Å². The number of rotatable bonds is 6. The molecule has 2 aromatic rings. The van der Waals surface area contributed by atoms with Crippen molar-refractivity contribution in [3.05, 3.63) is 40.8 Å². The van der Waals surface area contributed by atoms with Crippen molar-refractivity contribution in [3.8, 4) is 17.2 Å². The van der Waals surface area contributed by atoms with Crippen molar-refractivity contribution >= 4 is 15.9 Å². The minimum Gasteiger partial charge on any atom is -0.478 e. The molecule has 0 saturated carbocycles. The Bertz CT molecular complexity index is 613. The van der Waals surface area contributed by atoms with Gasteiger partial charge in [-0.05, 0) is 53.8 Å². The van der Waals surface area contributed by atoms with Gasteiger partial charge in [0.1, 0.15) is 5.76 Å². The van der Waals surface area contributed by atoms with Gasteiger partial charge in [-0.2, -0.15) is 0 Å². The van der Waals surface area contributed by atoms with Gasteiger partial charge in [-0.25, -0.2) is 0 Å². The van der Waals surface area contributed by atoms with E-state index in [1.807, 2.05) is 37.4 Å². The highest BCUT2D eigenvalue weighted by molar-refractivity contribution is 9.10. The Labute approximate surface area is 131 Å². The highest BCUT2D eigenvalue weighted by Crippen LogP contribution is 2.42. The van der Waals surface area contributed by atoms with Gasteiger partial charge in [0.25, 0.3) is 0 Å². The van der Waals surface area contributed by atoms with E-state index in [0.717, 1.165) is 18.7 Å². The topological polar surface area (TPSA) is 52.9 Å². The molecule has 1 atom stereocenters. The molecule has 0 saturated heterocycles. The lowest BCUT2D eigenvalue weighted by Crippen LogP contribution is -2.16. The van der Waals surface area contributed by atoms with E-state index in [2.05, 4.69) is 21.2 Å². The van der Waals surface area contributed by atoms with Crippen molar-refractivity contribution < 1.29 is 18.6 Å². The summed E-state index contributed by atoms with van der Waals surface area (Å²) in [5.41, 5.74) is 0. The molecule has 5 nitrogen and oxygen atoms in total. The summed E-state index contributed by atoms with van der Waals surface area (Å²) >= 11 is 3.32. The zero-order valence-corrected chi connectivity index (χ0v) is 13.2. The molecule has 1 aromatic carbocycles. The van der Waals surface area contributed by atoms with Crippen LogP contribution in [-0.2, 0) is 0 Å². The van der Waals surface area contributed by atoms with Crippen LogP contribution in [0.15, 0.2) is 39.4 Å². The molecule has 21 heavy (non-hydrogen) atoms. The third-order valence-corrected chi connectivity index (χ3v) is 3.62. The molecule has 0 fully saturated rings. The van der Waals surface area contributed by atoms with Crippen LogP contribution in [0.2, 0.25) is 0 Å². The van der Waals surface area contributed by atoms with Gasteiger partial charge >= 0.3 is 0 Å². The Morgan fingerprint density at radius 1 is 1.29 bits per heavy atom. The molecule has 2 heterocycles. The summed E-state index contributed by atoms with van der Waals surface area (Å²) in [4.78, 5) is 0. The molecule has 1 aliphatic heterocycles. The fourth-order valence-electron chi connectivity index (χ4n) is 2.19. The lowest BCUT2D eigenvalue weighted by atomic mass is 10.2. The van der Waals surface area contributed by atoms with Gasteiger partial charge in [-0.1, -0.05) is 6.07 Å². The first-order chi connectivity index (χ1) is 10.3. The number of fused-ring (bicyclic) bond motifs is 1. The Morgan fingerprint density at radius 2 is 2.19 bits per heavy atom. The summed E-state index contributed by atoms with van der Waals surface area (Å²) in [7, 11) is 1.91. The second-order valence-electron chi connectivity index (χ2n) is 4.63. The van der Waals surface area contributed by atoms with Crippen LogP contribution in [0.4, 0.5) is 0 Å². The molecule has 0 unspecified atom stereocenters. The Morgan fingerprint density at radius 3 is 2.95 bits per heavy atom. The normalized spacial score (nSPS) is 14.2. The van der Waals surface area contributed by atoms with Gasteiger partial charge in [0.15, 0.2) is 22.3 Å². The molecule has 6 heteroatoms. The number of halogens is 1. The lowest BCUT2D eigenvalue weighted by molar-refractivity contribution is 0.146. The van der Waals surface area contributed by atoms with Gasteiger partial charge in [0.2, 0.25) is 12.5 Å². The van der Waals surface area contributed by atoms with Crippen LogP contribution < -0.4 is 19.5 Å². The molecular weight excluding hydrogens is 338 g/mol. The summed E-state index contributed by atoms with van der Waals surface area (Å²) in [6, 6.07) is 9.39. The highest BCUT2D eigenvalue weighted by Gasteiger charge is 2.23. The van der Waals surface area contributed by atoms with Crippen LogP contribution in [0.5, 0.6) is 17.2 Å². The number of nitrogens with one attached hydrogen (secondary N) is 1. The third kappa shape index (κ3) is 3.16. The number of furan rings is 1. The molecule has 112 valence electrons. The largest absolute Gasteiger partial charge is 0.478 e. The number of benzene rings is 1. The smallest absolute Gasteiger partial charge is 0.231 e. The number of ether oxygens (including phenoxy) is 3. The second kappa shape index (κ2) is 6.41. The molecule has 1 aliphatic rings. The van der Waals surface area contributed by atoms with Crippen LogP contribution in [0, 0.1) is 0 Å². The summed E-state index contributed by atoms with van der Waals surface area (Å²) in [6.45, 7) is 1.04. The van der Waals surface area contributed by atoms with Crippen molar-refractivity contribution in [2.24, 2.45) is 0 Å². The molecule has 0 aliphatic carbocycles. The van der Waals surface area contributed by atoms with Gasteiger partial charge in [0.05, 0.1) is 0 Å². The van der Waals surface area contributed by atoms with E-state index in [9.17, 15) is 0 Å². The van der Waals surface area contributed by atoms with Gasteiger partial charge in [-0.15, -0.1) is 0 Å². The van der Waals surface area contributed by atoms with E-state index in [1.165, 1.54) is 0 Å². The van der Waals surface area contributed by atoms with Crippen LogP contribution >= 0.6 is 15.9 Å². The molecule has 1 aromatic heterocycles. The van der Waals surface area contributed by atoms with Crippen molar-refractivity contribution in [3.63, 3.8) is 0 Å². The molecule has 0 bridgehead atoms. The van der Waals surface area contributed by atoms with Crippen molar-refractivity contribution in [1.29, 1.82) is 0 Å². The first-order valence-electron chi connectivity index (χ1n) is 6.73. The second-order valence-corrected chi connectivity index (χ2v) is 5.41. The predicted molar refractivity (Wildman–Crippen MR) is 80.9 cm³/mol. The predicted octanol–water partition coefficient (Wildman–Crippen LogP) is 3.50. The van der Waals surface area contributed by atoms with Gasteiger partial charge in [-0.3, -0.25) is 0 Å². The Kier molecular flexibility index (Phi) is 4.36. The summed E-state index contributed by atoms with van der Waals surface area (Å²) in [6.07, 6.45) is 0.584. The Hall–Kier alpha value is -1.66. The first-order valence-corrected chi connectivity index (χ1v) is 7.52. The molecule has 0 amide bonds. The molecule has 0 spiro atoms. The molecular formula is C15H16BrNO4. The highest BCUT2D eigenvalue weighted by atomic mass is 79.9. The zero-order valence-electron chi connectivity index (χ0n) is 11.6. The maximum Gasteiger partial charge on any atom is 0.231 e. The maximum absolute atomic E-state index is 6.10. The van der Waals surface area contributed by atoms with E-state index in [0.29, 0.717) is 21.9 Å². The zero-order chi connectivity index (χ0) is 14.7. The van der Waals surface area contributed by atoms with Crippen LogP contribution in [0.25, 0.3) is 0 Å². The summed E-state index contributed by atoms with van der Waals surface area (Å²) in [5, 5.41) is 3.12. The van der Waals surface area contributed by atoms with Crippen LogP contribution in [0.1, 0.15) is 18.3 Å². The fourth-order valence-corrected chi connectivity index (χ4v) is 2.50. The third-order valence-electron chi connectivity index (χ3n) is 3.20. The van der Waals surface area contributed by atoms with Gasteiger partial charge in [0, 0.05) is 6.42 Å². The maximum atomic E-state index is 6.10. The van der Waals surface area contributed by atoms with E-state index < -0.39 is 0 Å². The average molecular weight is 354 g/mol. The first kappa shape index (κ1) is 14.3. The molecule has 1 N–H and O–H groups in total. The standard InChI is InChI=1S/C15H16BrNO4/c1-17-8-7-11(10-5-6-14(16)21-10)20-13-4-2-3-12-15(13)19-9-18-12/h2-6,11,17H,7-9H2,1H3/t11-/m0/s1.